The number of methoxy groups -OCH3 is 1. The van der Waals surface area contributed by atoms with Crippen LogP contribution in [0.5, 0.6) is 0 Å². The molecule has 1 aromatic carbocycles. The van der Waals surface area contributed by atoms with Crippen LogP contribution in [0.25, 0.3) is 11.0 Å². The summed E-state index contributed by atoms with van der Waals surface area (Å²) in [6.45, 7) is 5.42. The first-order valence-corrected chi connectivity index (χ1v) is 8.61. The van der Waals surface area contributed by atoms with Crippen molar-refractivity contribution in [3.05, 3.63) is 35.1 Å². The molecular weight excluding hydrogens is 338 g/mol. The zero-order valence-corrected chi connectivity index (χ0v) is 16.0. The molecule has 2 aromatic rings. The molecule has 0 spiro atoms. The Morgan fingerprint density at radius 1 is 1.36 bits per heavy atom. The van der Waals surface area contributed by atoms with Crippen LogP contribution in [0.2, 0.25) is 0 Å². The minimum absolute atomic E-state index is 0.149. The van der Waals surface area contributed by atoms with Crippen molar-refractivity contribution in [2.24, 2.45) is 0 Å². The zero-order chi connectivity index (χ0) is 18.4. The summed E-state index contributed by atoms with van der Waals surface area (Å²) in [5.74, 6) is -0.149. The van der Waals surface area contributed by atoms with Crippen molar-refractivity contribution in [1.82, 2.24) is 15.8 Å². The molecule has 0 aliphatic heterocycles. The molecule has 1 amide bonds. The van der Waals surface area contributed by atoms with Gasteiger partial charge in [-0.25, -0.2) is 0 Å². The Labute approximate surface area is 153 Å². The smallest absolute Gasteiger partial charge is 0.243 e. The van der Waals surface area contributed by atoms with Gasteiger partial charge >= 0.3 is 0 Å². The van der Waals surface area contributed by atoms with Crippen LogP contribution in [-0.4, -0.2) is 43.3 Å². The Bertz CT molecular complexity index is 757. The minimum atomic E-state index is -0.149. The topological polar surface area (TPSA) is 66.7 Å². The lowest BCUT2D eigenvalue weighted by Crippen LogP contribution is -2.48. The average molecular weight is 363 g/mol. The second-order valence-electron chi connectivity index (χ2n) is 5.99. The van der Waals surface area contributed by atoms with Crippen LogP contribution >= 0.6 is 12.2 Å². The molecule has 0 fully saturated rings. The number of fused-ring (bicyclic) bond motifs is 1. The maximum atomic E-state index is 12.3. The summed E-state index contributed by atoms with van der Waals surface area (Å²) in [4.78, 5) is 12.3. The van der Waals surface area contributed by atoms with Gasteiger partial charge in [-0.15, -0.1) is 0 Å². The van der Waals surface area contributed by atoms with Crippen LogP contribution < -0.4 is 10.7 Å². The lowest BCUT2D eigenvalue weighted by atomic mass is 10.0. The summed E-state index contributed by atoms with van der Waals surface area (Å²) in [6.07, 6.45) is 2.72. The van der Waals surface area contributed by atoms with E-state index >= 15 is 0 Å². The van der Waals surface area contributed by atoms with Gasteiger partial charge in [-0.1, -0.05) is 12.1 Å². The van der Waals surface area contributed by atoms with Crippen molar-refractivity contribution >= 4 is 34.2 Å². The molecular formula is C18H25N3O3S. The number of furan rings is 1. The summed E-state index contributed by atoms with van der Waals surface area (Å²) in [5, 5.41) is 6.02. The molecule has 0 bridgehead atoms. The number of hydrazine groups is 1. The molecule has 0 saturated heterocycles. The standard InChI is InChI=1S/C18H25N3O3S/c1-12-6-7-15-14(11-24-17(15)13(12)2)10-16(22)20-21(3)18(25)19-8-5-9-23-4/h6-7,11H,5,8-10H2,1-4H3,(H,19,25)(H,20,22). The van der Waals surface area contributed by atoms with Crippen molar-refractivity contribution in [2.45, 2.75) is 26.7 Å². The number of nitrogens with one attached hydrogen (secondary N) is 2. The number of carbonyl (C=O) groups excluding carboxylic acids is 1. The SMILES string of the molecule is COCCCNC(=S)N(C)NC(=O)Cc1coc2c(C)c(C)ccc12. The molecule has 7 heteroatoms. The van der Waals surface area contributed by atoms with E-state index in [1.54, 1.807) is 20.4 Å². The van der Waals surface area contributed by atoms with Gasteiger partial charge in [0.05, 0.1) is 12.7 Å². The van der Waals surface area contributed by atoms with Crippen molar-refractivity contribution in [3.63, 3.8) is 0 Å². The maximum Gasteiger partial charge on any atom is 0.243 e. The highest BCUT2D eigenvalue weighted by molar-refractivity contribution is 7.80. The van der Waals surface area contributed by atoms with Gasteiger partial charge in [-0.3, -0.25) is 15.2 Å². The van der Waals surface area contributed by atoms with E-state index in [0.29, 0.717) is 18.3 Å². The van der Waals surface area contributed by atoms with E-state index in [1.807, 2.05) is 26.0 Å². The Kier molecular flexibility index (Phi) is 6.78. The van der Waals surface area contributed by atoms with Gasteiger partial charge in [-0.2, -0.15) is 0 Å². The summed E-state index contributed by atoms with van der Waals surface area (Å²) in [7, 11) is 3.37. The number of aryl methyl sites for hydroxylation is 2. The van der Waals surface area contributed by atoms with Gasteiger partial charge in [0.1, 0.15) is 5.58 Å². The predicted molar refractivity (Wildman–Crippen MR) is 102 cm³/mol. The van der Waals surface area contributed by atoms with E-state index in [4.69, 9.17) is 21.4 Å². The van der Waals surface area contributed by atoms with E-state index in [9.17, 15) is 4.79 Å². The fourth-order valence-corrected chi connectivity index (χ4v) is 2.65. The van der Waals surface area contributed by atoms with Crippen LogP contribution in [0.3, 0.4) is 0 Å². The van der Waals surface area contributed by atoms with Gasteiger partial charge in [0.25, 0.3) is 0 Å². The third-order valence-electron chi connectivity index (χ3n) is 4.09. The molecule has 6 nitrogen and oxygen atoms in total. The predicted octanol–water partition coefficient (Wildman–Crippen LogP) is 2.47. The average Bonchev–Trinajstić information content (AvgIpc) is 2.98. The number of benzene rings is 1. The highest BCUT2D eigenvalue weighted by Crippen LogP contribution is 2.26. The number of ether oxygens (including phenoxy) is 1. The third kappa shape index (κ3) is 4.93. The highest BCUT2D eigenvalue weighted by Gasteiger charge is 2.14. The number of rotatable bonds is 6. The lowest BCUT2D eigenvalue weighted by molar-refractivity contribution is -0.123. The van der Waals surface area contributed by atoms with Gasteiger partial charge in [-0.05, 0) is 43.6 Å². The molecule has 0 saturated carbocycles. The van der Waals surface area contributed by atoms with Crippen LogP contribution in [0, 0.1) is 13.8 Å². The van der Waals surface area contributed by atoms with E-state index in [-0.39, 0.29) is 12.3 Å². The van der Waals surface area contributed by atoms with Crippen LogP contribution in [0.4, 0.5) is 0 Å². The third-order valence-corrected chi connectivity index (χ3v) is 4.51. The second kappa shape index (κ2) is 8.82. The Morgan fingerprint density at radius 3 is 2.84 bits per heavy atom. The van der Waals surface area contributed by atoms with Crippen molar-refractivity contribution in [1.29, 1.82) is 0 Å². The largest absolute Gasteiger partial charge is 0.464 e. The van der Waals surface area contributed by atoms with Crippen molar-refractivity contribution < 1.29 is 13.9 Å². The Hall–Kier alpha value is -2.12. The molecule has 1 aromatic heterocycles. The normalized spacial score (nSPS) is 10.7. The number of thiocarbonyl (C=S) groups is 1. The lowest BCUT2D eigenvalue weighted by Gasteiger charge is -2.21. The quantitative estimate of drug-likeness (QED) is 0.467. The summed E-state index contributed by atoms with van der Waals surface area (Å²) < 4.78 is 10.6. The fraction of sp³-hybridized carbons (Fsp3) is 0.444. The summed E-state index contributed by atoms with van der Waals surface area (Å²) in [6, 6.07) is 4.04. The van der Waals surface area contributed by atoms with E-state index in [1.165, 1.54) is 10.6 Å². The summed E-state index contributed by atoms with van der Waals surface area (Å²) in [5.41, 5.74) is 6.74. The molecule has 1 heterocycles. The molecule has 2 N–H and O–H groups in total. The van der Waals surface area contributed by atoms with E-state index in [0.717, 1.165) is 28.5 Å². The molecule has 0 unspecified atom stereocenters. The monoisotopic (exact) mass is 363 g/mol. The van der Waals surface area contributed by atoms with Crippen LogP contribution in [0.1, 0.15) is 23.1 Å². The van der Waals surface area contributed by atoms with Gasteiger partial charge in [0.15, 0.2) is 5.11 Å². The molecule has 136 valence electrons. The number of carbonyl (C=O) groups is 1. The fourth-order valence-electron chi connectivity index (χ4n) is 2.51. The first-order valence-electron chi connectivity index (χ1n) is 8.20. The molecule has 0 radical (unpaired) electrons. The van der Waals surface area contributed by atoms with Crippen LogP contribution in [-0.2, 0) is 16.0 Å². The molecule has 0 aliphatic carbocycles. The maximum absolute atomic E-state index is 12.3. The molecule has 25 heavy (non-hydrogen) atoms. The molecule has 0 aliphatic rings. The Morgan fingerprint density at radius 2 is 2.12 bits per heavy atom. The van der Waals surface area contributed by atoms with Gasteiger partial charge in [0.2, 0.25) is 5.91 Å². The van der Waals surface area contributed by atoms with Gasteiger partial charge in [0, 0.05) is 38.3 Å². The first-order chi connectivity index (χ1) is 11.9. The van der Waals surface area contributed by atoms with Crippen molar-refractivity contribution in [2.75, 3.05) is 27.3 Å². The second-order valence-corrected chi connectivity index (χ2v) is 6.38. The summed E-state index contributed by atoms with van der Waals surface area (Å²) >= 11 is 5.24. The van der Waals surface area contributed by atoms with Gasteiger partial charge < -0.3 is 14.5 Å². The number of nitrogens with zero attached hydrogens (tertiary/aromatic N) is 1. The number of hydrogen-bond donors (Lipinski definition) is 2. The Balaban J connectivity index is 1.92. The highest BCUT2D eigenvalue weighted by atomic mass is 32.1. The molecule has 0 atom stereocenters. The number of hydrogen-bond acceptors (Lipinski definition) is 4. The zero-order valence-electron chi connectivity index (χ0n) is 15.1. The van der Waals surface area contributed by atoms with Crippen molar-refractivity contribution in [3.8, 4) is 0 Å². The first kappa shape index (κ1) is 19.2. The van der Waals surface area contributed by atoms with Crippen LogP contribution in [0.15, 0.2) is 22.8 Å². The minimum Gasteiger partial charge on any atom is -0.464 e. The number of amides is 1. The molecule has 2 rings (SSSR count). The van der Waals surface area contributed by atoms with E-state index in [2.05, 4.69) is 10.7 Å². The van der Waals surface area contributed by atoms with E-state index < -0.39 is 0 Å².